The van der Waals surface area contributed by atoms with E-state index in [0.29, 0.717) is 12.1 Å². The Kier molecular flexibility index (Phi) is 4.88. The SMILES string of the molecule is CCCC1CN(Cc2nc3ccccc3s2)C(C)CCN1. The number of nitrogens with zero attached hydrogens (tertiary/aromatic N) is 2. The van der Waals surface area contributed by atoms with Crippen LogP contribution in [0.15, 0.2) is 24.3 Å². The molecule has 1 aromatic carbocycles. The van der Waals surface area contributed by atoms with Crippen LogP contribution in [0.4, 0.5) is 0 Å². The molecule has 1 aromatic heterocycles. The average Bonchev–Trinajstić information content (AvgIpc) is 2.80. The maximum absolute atomic E-state index is 4.80. The van der Waals surface area contributed by atoms with Crippen molar-refractivity contribution in [1.29, 1.82) is 0 Å². The molecule has 1 aliphatic rings. The van der Waals surface area contributed by atoms with E-state index < -0.39 is 0 Å². The quantitative estimate of drug-likeness (QED) is 0.934. The summed E-state index contributed by atoms with van der Waals surface area (Å²) in [4.78, 5) is 7.41. The van der Waals surface area contributed by atoms with Crippen LogP contribution in [0.2, 0.25) is 0 Å². The number of nitrogens with one attached hydrogen (secondary N) is 1. The molecule has 1 saturated heterocycles. The summed E-state index contributed by atoms with van der Waals surface area (Å²) in [5.41, 5.74) is 1.14. The topological polar surface area (TPSA) is 28.2 Å². The Labute approximate surface area is 131 Å². The highest BCUT2D eigenvalue weighted by Gasteiger charge is 2.23. The van der Waals surface area contributed by atoms with Gasteiger partial charge >= 0.3 is 0 Å². The van der Waals surface area contributed by atoms with Gasteiger partial charge < -0.3 is 5.32 Å². The van der Waals surface area contributed by atoms with Crippen molar-refractivity contribution in [1.82, 2.24) is 15.2 Å². The van der Waals surface area contributed by atoms with Gasteiger partial charge in [0.2, 0.25) is 0 Å². The van der Waals surface area contributed by atoms with E-state index in [0.717, 1.165) is 25.2 Å². The lowest BCUT2D eigenvalue weighted by atomic mass is 10.1. The largest absolute Gasteiger partial charge is 0.313 e. The highest BCUT2D eigenvalue weighted by molar-refractivity contribution is 7.18. The molecule has 2 unspecified atom stereocenters. The maximum atomic E-state index is 4.80. The molecule has 0 radical (unpaired) electrons. The fourth-order valence-electron chi connectivity index (χ4n) is 3.13. The first kappa shape index (κ1) is 14.9. The lowest BCUT2D eigenvalue weighted by Gasteiger charge is -2.28. The fraction of sp³-hybridized carbons (Fsp3) is 0.588. The Morgan fingerprint density at radius 3 is 3.05 bits per heavy atom. The van der Waals surface area contributed by atoms with E-state index in [-0.39, 0.29) is 0 Å². The number of rotatable bonds is 4. The normalized spacial score (nSPS) is 24.3. The molecule has 3 nitrogen and oxygen atoms in total. The lowest BCUT2D eigenvalue weighted by Crippen LogP contribution is -2.39. The van der Waals surface area contributed by atoms with Crippen LogP contribution in [0, 0.1) is 0 Å². The number of para-hydroxylation sites is 1. The van der Waals surface area contributed by atoms with Crippen molar-refractivity contribution in [2.75, 3.05) is 13.1 Å². The molecule has 2 atom stereocenters. The van der Waals surface area contributed by atoms with Crippen LogP contribution in [-0.4, -0.2) is 35.1 Å². The molecule has 2 heterocycles. The molecule has 0 aliphatic carbocycles. The molecule has 3 rings (SSSR count). The van der Waals surface area contributed by atoms with Crippen molar-refractivity contribution in [3.63, 3.8) is 0 Å². The van der Waals surface area contributed by atoms with Crippen molar-refractivity contribution in [3.8, 4) is 0 Å². The number of fused-ring (bicyclic) bond motifs is 1. The van der Waals surface area contributed by atoms with Crippen molar-refractivity contribution in [2.24, 2.45) is 0 Å². The summed E-state index contributed by atoms with van der Waals surface area (Å²) in [6.07, 6.45) is 3.75. The molecule has 0 saturated carbocycles. The van der Waals surface area contributed by atoms with Crippen LogP contribution in [0.25, 0.3) is 10.2 Å². The summed E-state index contributed by atoms with van der Waals surface area (Å²) in [5, 5.41) is 4.95. The van der Waals surface area contributed by atoms with Gasteiger partial charge in [-0.3, -0.25) is 4.90 Å². The van der Waals surface area contributed by atoms with Gasteiger partial charge in [-0.2, -0.15) is 0 Å². The van der Waals surface area contributed by atoms with E-state index in [2.05, 4.69) is 48.3 Å². The van der Waals surface area contributed by atoms with Crippen LogP contribution in [0.3, 0.4) is 0 Å². The van der Waals surface area contributed by atoms with E-state index in [1.54, 1.807) is 0 Å². The Morgan fingerprint density at radius 1 is 1.38 bits per heavy atom. The third-order valence-electron chi connectivity index (χ3n) is 4.39. The van der Waals surface area contributed by atoms with Gasteiger partial charge in [-0.15, -0.1) is 11.3 Å². The molecule has 0 spiro atoms. The van der Waals surface area contributed by atoms with Crippen molar-refractivity contribution in [3.05, 3.63) is 29.3 Å². The molecule has 1 aliphatic heterocycles. The first-order valence-corrected chi connectivity index (χ1v) is 8.89. The molecular formula is C17H25N3S. The summed E-state index contributed by atoms with van der Waals surface area (Å²) >= 11 is 1.84. The van der Waals surface area contributed by atoms with Gasteiger partial charge in [0.25, 0.3) is 0 Å². The van der Waals surface area contributed by atoms with Gasteiger partial charge in [0, 0.05) is 18.6 Å². The third-order valence-corrected chi connectivity index (χ3v) is 5.41. The molecular weight excluding hydrogens is 278 g/mol. The predicted octanol–water partition coefficient (Wildman–Crippen LogP) is 3.65. The second kappa shape index (κ2) is 6.86. The zero-order chi connectivity index (χ0) is 14.7. The smallest absolute Gasteiger partial charge is 0.108 e. The van der Waals surface area contributed by atoms with Crippen LogP contribution >= 0.6 is 11.3 Å². The van der Waals surface area contributed by atoms with Gasteiger partial charge in [-0.05, 0) is 38.4 Å². The second-order valence-corrected chi connectivity index (χ2v) is 7.20. The molecule has 0 amide bonds. The van der Waals surface area contributed by atoms with Gasteiger partial charge in [-0.25, -0.2) is 4.98 Å². The average molecular weight is 303 g/mol. The zero-order valence-electron chi connectivity index (χ0n) is 13.0. The monoisotopic (exact) mass is 303 g/mol. The first-order valence-electron chi connectivity index (χ1n) is 8.08. The third kappa shape index (κ3) is 3.62. The van der Waals surface area contributed by atoms with E-state index in [1.807, 2.05) is 11.3 Å². The van der Waals surface area contributed by atoms with Crippen molar-refractivity contribution < 1.29 is 0 Å². The van der Waals surface area contributed by atoms with E-state index in [9.17, 15) is 0 Å². The Hall–Kier alpha value is -0.970. The molecule has 21 heavy (non-hydrogen) atoms. The molecule has 2 aromatic rings. The summed E-state index contributed by atoms with van der Waals surface area (Å²) in [5.74, 6) is 0. The Balaban J connectivity index is 1.74. The first-order chi connectivity index (χ1) is 10.3. The standard InChI is InChI=1S/C17H25N3S/c1-3-6-14-11-20(13(2)9-10-18-14)12-17-19-15-7-4-5-8-16(15)21-17/h4-5,7-8,13-14,18H,3,6,9-12H2,1-2H3. The Morgan fingerprint density at radius 2 is 2.24 bits per heavy atom. The minimum Gasteiger partial charge on any atom is -0.313 e. The second-order valence-electron chi connectivity index (χ2n) is 6.08. The predicted molar refractivity (Wildman–Crippen MR) is 90.8 cm³/mol. The molecule has 1 N–H and O–H groups in total. The minimum atomic E-state index is 0.631. The minimum absolute atomic E-state index is 0.631. The van der Waals surface area contributed by atoms with Gasteiger partial charge in [0.05, 0.1) is 16.8 Å². The van der Waals surface area contributed by atoms with Gasteiger partial charge in [-0.1, -0.05) is 25.5 Å². The van der Waals surface area contributed by atoms with Gasteiger partial charge in [0.1, 0.15) is 5.01 Å². The summed E-state index contributed by atoms with van der Waals surface area (Å²) in [6.45, 7) is 7.90. The summed E-state index contributed by atoms with van der Waals surface area (Å²) < 4.78 is 1.30. The van der Waals surface area contributed by atoms with Crippen molar-refractivity contribution in [2.45, 2.75) is 51.7 Å². The number of hydrogen-bond acceptors (Lipinski definition) is 4. The fourth-order valence-corrected chi connectivity index (χ4v) is 4.12. The molecule has 0 bridgehead atoms. The summed E-state index contributed by atoms with van der Waals surface area (Å²) in [6, 6.07) is 9.72. The van der Waals surface area contributed by atoms with E-state index in [4.69, 9.17) is 4.98 Å². The van der Waals surface area contributed by atoms with Crippen LogP contribution in [0.5, 0.6) is 0 Å². The number of thiazole rings is 1. The van der Waals surface area contributed by atoms with Crippen molar-refractivity contribution >= 4 is 21.6 Å². The molecule has 4 heteroatoms. The maximum Gasteiger partial charge on any atom is 0.108 e. The van der Waals surface area contributed by atoms with E-state index >= 15 is 0 Å². The van der Waals surface area contributed by atoms with Crippen LogP contribution in [-0.2, 0) is 6.54 Å². The zero-order valence-corrected chi connectivity index (χ0v) is 13.8. The Bertz CT molecular complexity index is 547. The highest BCUT2D eigenvalue weighted by atomic mass is 32.1. The van der Waals surface area contributed by atoms with E-state index in [1.165, 1.54) is 29.0 Å². The van der Waals surface area contributed by atoms with Crippen LogP contribution in [0.1, 0.15) is 38.1 Å². The number of benzene rings is 1. The summed E-state index contributed by atoms with van der Waals surface area (Å²) in [7, 11) is 0. The molecule has 1 fully saturated rings. The lowest BCUT2D eigenvalue weighted by molar-refractivity contribution is 0.193. The van der Waals surface area contributed by atoms with Crippen LogP contribution < -0.4 is 5.32 Å². The highest BCUT2D eigenvalue weighted by Crippen LogP contribution is 2.24. The number of hydrogen-bond donors (Lipinski definition) is 1. The molecule has 114 valence electrons. The van der Waals surface area contributed by atoms with Gasteiger partial charge in [0.15, 0.2) is 0 Å². The number of aromatic nitrogens is 1.